The van der Waals surface area contributed by atoms with Crippen molar-refractivity contribution >= 4 is 47.4 Å². The molecule has 5 nitrogen and oxygen atoms in total. The predicted octanol–water partition coefficient (Wildman–Crippen LogP) is 3.62. The lowest BCUT2D eigenvalue weighted by Crippen LogP contribution is -2.45. The second-order valence-electron chi connectivity index (χ2n) is 6.41. The van der Waals surface area contributed by atoms with Crippen molar-refractivity contribution in [3.05, 3.63) is 58.7 Å². The summed E-state index contributed by atoms with van der Waals surface area (Å²) in [7, 11) is 1.69. The van der Waals surface area contributed by atoms with E-state index in [4.69, 9.17) is 11.6 Å². The zero-order valence-electron chi connectivity index (χ0n) is 15.5. The van der Waals surface area contributed by atoms with Gasteiger partial charge in [-0.3, -0.25) is 4.99 Å². The summed E-state index contributed by atoms with van der Waals surface area (Å²) >= 11 is 6.22. The molecule has 0 bridgehead atoms. The van der Waals surface area contributed by atoms with Crippen LogP contribution in [0.2, 0.25) is 5.02 Å². The van der Waals surface area contributed by atoms with Crippen molar-refractivity contribution in [2.24, 2.45) is 4.99 Å². The fourth-order valence-corrected chi connectivity index (χ4v) is 3.39. The summed E-state index contributed by atoms with van der Waals surface area (Å²) in [5.74, 6) is 0.323. The van der Waals surface area contributed by atoms with E-state index in [9.17, 15) is 8.78 Å². The Kier molecular flexibility index (Phi) is 8.68. The molecule has 28 heavy (non-hydrogen) atoms. The summed E-state index contributed by atoms with van der Waals surface area (Å²) in [5.41, 5.74) is 0.604. The van der Waals surface area contributed by atoms with E-state index >= 15 is 0 Å². The number of benzene rings is 1. The number of anilines is 1. The van der Waals surface area contributed by atoms with Gasteiger partial charge >= 0.3 is 0 Å². The normalized spacial score (nSPS) is 16.6. The second-order valence-corrected chi connectivity index (χ2v) is 6.82. The molecule has 1 atom stereocenters. The SMILES string of the molecule is CN=C(NCCc1cc(F)cc(F)c1)NC1CCN(c2ncccc2Cl)C1.I. The van der Waals surface area contributed by atoms with Crippen molar-refractivity contribution < 1.29 is 8.78 Å². The number of guanidine groups is 1. The van der Waals surface area contributed by atoms with Gasteiger partial charge in [-0.15, -0.1) is 24.0 Å². The van der Waals surface area contributed by atoms with Gasteiger partial charge in [-0.05, 0) is 42.7 Å². The van der Waals surface area contributed by atoms with E-state index in [2.05, 4.69) is 25.5 Å². The van der Waals surface area contributed by atoms with Gasteiger partial charge < -0.3 is 15.5 Å². The molecule has 1 aliphatic heterocycles. The highest BCUT2D eigenvalue weighted by molar-refractivity contribution is 14.0. The van der Waals surface area contributed by atoms with Gasteiger partial charge in [-0.1, -0.05) is 11.6 Å². The van der Waals surface area contributed by atoms with Crippen molar-refractivity contribution in [3.8, 4) is 0 Å². The molecule has 0 saturated carbocycles. The lowest BCUT2D eigenvalue weighted by atomic mass is 10.1. The van der Waals surface area contributed by atoms with E-state index in [0.29, 0.717) is 29.5 Å². The highest BCUT2D eigenvalue weighted by atomic mass is 127. The van der Waals surface area contributed by atoms with Gasteiger partial charge in [0.15, 0.2) is 5.96 Å². The zero-order valence-corrected chi connectivity index (χ0v) is 18.5. The van der Waals surface area contributed by atoms with Crippen LogP contribution >= 0.6 is 35.6 Å². The molecular weight excluding hydrogens is 499 g/mol. The lowest BCUT2D eigenvalue weighted by molar-refractivity contribution is 0.579. The van der Waals surface area contributed by atoms with Gasteiger partial charge in [-0.2, -0.15) is 0 Å². The number of nitrogens with zero attached hydrogens (tertiary/aromatic N) is 3. The van der Waals surface area contributed by atoms with Crippen LogP contribution in [0, 0.1) is 11.6 Å². The minimum atomic E-state index is -0.563. The molecule has 1 aromatic heterocycles. The highest BCUT2D eigenvalue weighted by Gasteiger charge is 2.25. The van der Waals surface area contributed by atoms with Crippen LogP contribution in [0.3, 0.4) is 0 Å². The van der Waals surface area contributed by atoms with E-state index in [-0.39, 0.29) is 30.0 Å². The highest BCUT2D eigenvalue weighted by Crippen LogP contribution is 2.25. The number of hydrogen-bond donors (Lipinski definition) is 2. The number of aliphatic imine (C=N–C) groups is 1. The Morgan fingerprint density at radius 3 is 2.75 bits per heavy atom. The monoisotopic (exact) mass is 521 g/mol. The van der Waals surface area contributed by atoms with Crippen LogP contribution in [-0.4, -0.2) is 43.7 Å². The molecule has 152 valence electrons. The summed E-state index contributed by atoms with van der Waals surface area (Å²) in [5, 5.41) is 7.20. The van der Waals surface area contributed by atoms with Crippen LogP contribution in [0.1, 0.15) is 12.0 Å². The summed E-state index contributed by atoms with van der Waals surface area (Å²) in [6.07, 6.45) is 3.16. The summed E-state index contributed by atoms with van der Waals surface area (Å²) < 4.78 is 26.5. The molecule has 1 unspecified atom stereocenters. The third-order valence-corrected chi connectivity index (χ3v) is 4.71. The van der Waals surface area contributed by atoms with E-state index in [1.165, 1.54) is 12.1 Å². The Bertz CT molecular complexity index is 800. The Labute approximate surface area is 185 Å². The van der Waals surface area contributed by atoms with Crippen LogP contribution in [0.25, 0.3) is 0 Å². The maximum Gasteiger partial charge on any atom is 0.191 e. The van der Waals surface area contributed by atoms with E-state index in [0.717, 1.165) is 31.4 Å². The molecule has 2 N–H and O–H groups in total. The van der Waals surface area contributed by atoms with Crippen molar-refractivity contribution in [1.29, 1.82) is 0 Å². The van der Waals surface area contributed by atoms with Crippen molar-refractivity contribution in [1.82, 2.24) is 15.6 Å². The molecule has 2 aromatic rings. The Balaban J connectivity index is 0.00000280. The van der Waals surface area contributed by atoms with E-state index in [1.54, 1.807) is 13.2 Å². The number of nitrogens with one attached hydrogen (secondary N) is 2. The molecule has 0 amide bonds. The van der Waals surface area contributed by atoms with Crippen molar-refractivity contribution in [2.45, 2.75) is 18.9 Å². The molecule has 1 fully saturated rings. The van der Waals surface area contributed by atoms with Gasteiger partial charge in [0.1, 0.15) is 17.5 Å². The predicted molar refractivity (Wildman–Crippen MR) is 120 cm³/mol. The third kappa shape index (κ3) is 6.16. The Hall–Kier alpha value is -1.68. The molecule has 3 rings (SSSR count). The largest absolute Gasteiger partial charge is 0.356 e. The summed E-state index contributed by atoms with van der Waals surface area (Å²) in [6, 6.07) is 7.41. The van der Waals surface area contributed by atoms with Gasteiger partial charge in [-0.25, -0.2) is 13.8 Å². The summed E-state index contributed by atoms with van der Waals surface area (Å²) in [6.45, 7) is 2.14. The average molecular weight is 522 g/mol. The van der Waals surface area contributed by atoms with Crippen LogP contribution < -0.4 is 15.5 Å². The van der Waals surface area contributed by atoms with Crippen molar-refractivity contribution in [2.75, 3.05) is 31.6 Å². The lowest BCUT2D eigenvalue weighted by Gasteiger charge is -2.20. The van der Waals surface area contributed by atoms with Crippen molar-refractivity contribution in [3.63, 3.8) is 0 Å². The Morgan fingerprint density at radius 2 is 2.07 bits per heavy atom. The first-order valence-electron chi connectivity index (χ1n) is 8.83. The minimum absolute atomic E-state index is 0. The third-order valence-electron chi connectivity index (χ3n) is 4.42. The van der Waals surface area contributed by atoms with E-state index in [1.807, 2.05) is 12.1 Å². The standard InChI is InChI=1S/C19H22ClF2N5.HI/c1-23-19(25-7-4-13-9-14(21)11-15(22)10-13)26-16-5-8-27(12-16)18-17(20)3-2-6-24-18;/h2-3,6,9-11,16H,4-5,7-8,12H2,1H3,(H2,23,25,26);1H. The maximum atomic E-state index is 13.2. The zero-order chi connectivity index (χ0) is 19.2. The first-order valence-corrected chi connectivity index (χ1v) is 9.20. The van der Waals surface area contributed by atoms with Gasteiger partial charge in [0.2, 0.25) is 0 Å². The molecule has 1 aromatic carbocycles. The molecule has 2 heterocycles. The van der Waals surface area contributed by atoms with Crippen LogP contribution in [0.5, 0.6) is 0 Å². The maximum absolute atomic E-state index is 13.2. The molecular formula is C19H23ClF2IN5. The van der Waals surface area contributed by atoms with Crippen LogP contribution in [0.15, 0.2) is 41.5 Å². The number of hydrogen-bond acceptors (Lipinski definition) is 3. The first kappa shape index (κ1) is 22.6. The Morgan fingerprint density at radius 1 is 1.32 bits per heavy atom. The van der Waals surface area contributed by atoms with E-state index < -0.39 is 11.6 Å². The fraction of sp³-hybridized carbons (Fsp3) is 0.368. The number of rotatable bonds is 5. The first-order chi connectivity index (χ1) is 13.0. The summed E-state index contributed by atoms with van der Waals surface area (Å²) in [4.78, 5) is 10.7. The molecule has 1 aliphatic rings. The number of halogens is 4. The topological polar surface area (TPSA) is 52.6 Å². The van der Waals surface area contributed by atoms with Crippen LogP contribution in [-0.2, 0) is 6.42 Å². The average Bonchev–Trinajstić information content (AvgIpc) is 3.08. The molecule has 0 radical (unpaired) electrons. The number of aromatic nitrogens is 1. The van der Waals surface area contributed by atoms with Gasteiger partial charge in [0.05, 0.1) is 5.02 Å². The van der Waals surface area contributed by atoms with Crippen LogP contribution in [0.4, 0.5) is 14.6 Å². The quantitative estimate of drug-likeness (QED) is 0.359. The molecule has 9 heteroatoms. The van der Waals surface area contributed by atoms with Gasteiger partial charge in [0.25, 0.3) is 0 Å². The minimum Gasteiger partial charge on any atom is -0.356 e. The number of pyridine rings is 1. The van der Waals surface area contributed by atoms with Gasteiger partial charge in [0, 0.05) is 45.0 Å². The molecule has 0 aliphatic carbocycles. The molecule has 1 saturated heterocycles. The fourth-order valence-electron chi connectivity index (χ4n) is 3.15. The smallest absolute Gasteiger partial charge is 0.191 e. The molecule has 0 spiro atoms. The second kappa shape index (κ2) is 10.8.